The number of hydrogen-bond donors (Lipinski definition) is 1. The Labute approximate surface area is 97.5 Å². The fourth-order valence-electron chi connectivity index (χ4n) is 2.30. The van der Waals surface area contributed by atoms with Crippen LogP contribution in [0.1, 0.15) is 45.9 Å². The van der Waals surface area contributed by atoms with E-state index in [-0.39, 0.29) is 6.10 Å². The molecule has 90 valence electrons. The van der Waals surface area contributed by atoms with Crippen molar-refractivity contribution in [3.63, 3.8) is 0 Å². The van der Waals surface area contributed by atoms with Gasteiger partial charge >= 0.3 is 0 Å². The number of aliphatic hydroxyl groups is 1. The summed E-state index contributed by atoms with van der Waals surface area (Å²) in [4.78, 5) is 0. The van der Waals surface area contributed by atoms with Crippen LogP contribution in [0.4, 0.5) is 0 Å². The minimum atomic E-state index is -0.231. The maximum atomic E-state index is 10.1. The van der Waals surface area contributed by atoms with E-state index in [4.69, 9.17) is 0 Å². The highest BCUT2D eigenvalue weighted by molar-refractivity contribution is 5.06. The molecule has 1 heterocycles. The Bertz CT molecular complexity index is 368. The first-order chi connectivity index (χ1) is 7.40. The van der Waals surface area contributed by atoms with Crippen LogP contribution in [0.3, 0.4) is 0 Å². The van der Waals surface area contributed by atoms with Crippen molar-refractivity contribution < 1.29 is 5.11 Å². The molecule has 0 spiro atoms. The first-order valence-electron chi connectivity index (χ1n) is 6.12. The fourth-order valence-corrected chi connectivity index (χ4v) is 2.30. The Hall–Kier alpha value is -0.830. The molecule has 0 aromatic carbocycles. The summed E-state index contributed by atoms with van der Waals surface area (Å²) in [5.41, 5.74) is 1.34. The first kappa shape index (κ1) is 11.6. The fraction of sp³-hybridized carbons (Fsp3) is 0.769. The van der Waals surface area contributed by atoms with Gasteiger partial charge in [0.2, 0.25) is 0 Å². The molecule has 16 heavy (non-hydrogen) atoms. The third kappa shape index (κ3) is 2.29. The average Bonchev–Trinajstić information content (AvgIpc) is 2.62. The van der Waals surface area contributed by atoms with Crippen LogP contribution in [0.2, 0.25) is 0 Å². The highest BCUT2D eigenvalue weighted by Gasteiger charge is 2.49. The molecular formula is C13H22N2O. The van der Waals surface area contributed by atoms with E-state index < -0.39 is 0 Å². The lowest BCUT2D eigenvalue weighted by Gasteiger charge is -2.10. The van der Waals surface area contributed by atoms with Crippen LogP contribution in [-0.2, 0) is 6.42 Å². The van der Waals surface area contributed by atoms with Gasteiger partial charge in [-0.3, -0.25) is 4.68 Å². The third-order valence-corrected chi connectivity index (χ3v) is 3.67. The lowest BCUT2D eigenvalue weighted by atomic mass is 10.0. The largest absolute Gasteiger partial charge is 0.392 e. The SMILES string of the molecule is CC(C)n1ccc(CC(O)C2CC2(C)C)n1. The molecule has 1 aromatic rings. The minimum Gasteiger partial charge on any atom is -0.392 e. The zero-order chi connectivity index (χ0) is 11.9. The van der Waals surface area contributed by atoms with Crippen molar-refractivity contribution in [1.29, 1.82) is 0 Å². The highest BCUT2D eigenvalue weighted by Crippen LogP contribution is 2.53. The molecule has 3 nitrogen and oxygen atoms in total. The molecule has 3 heteroatoms. The number of rotatable bonds is 4. The van der Waals surface area contributed by atoms with Crippen LogP contribution >= 0.6 is 0 Å². The van der Waals surface area contributed by atoms with Gasteiger partial charge in [-0.15, -0.1) is 0 Å². The molecule has 1 fully saturated rings. The van der Waals surface area contributed by atoms with E-state index in [2.05, 4.69) is 32.8 Å². The van der Waals surface area contributed by atoms with E-state index in [1.165, 1.54) is 0 Å². The number of nitrogens with zero attached hydrogens (tertiary/aromatic N) is 2. The van der Waals surface area contributed by atoms with Crippen LogP contribution in [0.15, 0.2) is 12.3 Å². The molecule has 0 amide bonds. The number of hydrogen-bond acceptors (Lipinski definition) is 2. The Morgan fingerprint density at radius 2 is 2.19 bits per heavy atom. The molecule has 0 radical (unpaired) electrons. The van der Waals surface area contributed by atoms with Crippen molar-refractivity contribution in [2.45, 2.75) is 52.7 Å². The maximum Gasteiger partial charge on any atom is 0.0650 e. The Morgan fingerprint density at radius 3 is 2.62 bits per heavy atom. The van der Waals surface area contributed by atoms with Crippen LogP contribution in [0.25, 0.3) is 0 Å². The number of aromatic nitrogens is 2. The van der Waals surface area contributed by atoms with E-state index >= 15 is 0 Å². The molecule has 0 saturated heterocycles. The molecule has 0 aliphatic heterocycles. The molecule has 1 saturated carbocycles. The second-order valence-corrected chi connectivity index (χ2v) is 5.95. The first-order valence-corrected chi connectivity index (χ1v) is 6.12. The minimum absolute atomic E-state index is 0.231. The topological polar surface area (TPSA) is 38.0 Å². The van der Waals surface area contributed by atoms with Gasteiger partial charge in [0.25, 0.3) is 0 Å². The molecule has 1 N–H and O–H groups in total. The van der Waals surface area contributed by atoms with E-state index in [1.807, 2.05) is 16.9 Å². The summed E-state index contributed by atoms with van der Waals surface area (Å²) < 4.78 is 1.94. The van der Waals surface area contributed by atoms with Gasteiger partial charge in [-0.05, 0) is 37.7 Å². The molecule has 1 aliphatic rings. The van der Waals surface area contributed by atoms with Crippen molar-refractivity contribution >= 4 is 0 Å². The smallest absolute Gasteiger partial charge is 0.0650 e. The van der Waals surface area contributed by atoms with Gasteiger partial charge in [-0.25, -0.2) is 0 Å². The predicted molar refractivity (Wildman–Crippen MR) is 64.2 cm³/mol. The predicted octanol–water partition coefficient (Wildman–Crippen LogP) is 2.41. The zero-order valence-corrected chi connectivity index (χ0v) is 10.6. The van der Waals surface area contributed by atoms with Crippen molar-refractivity contribution in [2.24, 2.45) is 11.3 Å². The van der Waals surface area contributed by atoms with Gasteiger partial charge in [-0.1, -0.05) is 13.8 Å². The Morgan fingerprint density at radius 1 is 1.56 bits per heavy atom. The summed E-state index contributed by atoms with van der Waals surface area (Å²) in [5.74, 6) is 0.455. The van der Waals surface area contributed by atoms with E-state index in [0.717, 1.165) is 12.1 Å². The van der Waals surface area contributed by atoms with Crippen LogP contribution < -0.4 is 0 Å². The quantitative estimate of drug-likeness (QED) is 0.849. The summed E-state index contributed by atoms with van der Waals surface area (Å²) in [7, 11) is 0. The third-order valence-electron chi connectivity index (χ3n) is 3.67. The van der Waals surface area contributed by atoms with E-state index in [1.54, 1.807) is 0 Å². The van der Waals surface area contributed by atoms with Gasteiger partial charge < -0.3 is 5.11 Å². The van der Waals surface area contributed by atoms with Crippen LogP contribution in [0.5, 0.6) is 0 Å². The van der Waals surface area contributed by atoms with Gasteiger partial charge in [0, 0.05) is 18.7 Å². The normalized spacial score (nSPS) is 24.8. The molecule has 2 unspecified atom stereocenters. The van der Waals surface area contributed by atoms with Gasteiger partial charge in [0.05, 0.1) is 11.8 Å². The van der Waals surface area contributed by atoms with Gasteiger partial charge in [0.1, 0.15) is 0 Å². The van der Waals surface area contributed by atoms with Crippen LogP contribution in [0, 0.1) is 11.3 Å². The summed E-state index contributed by atoms with van der Waals surface area (Å²) in [6.07, 6.45) is 3.59. The van der Waals surface area contributed by atoms with E-state index in [9.17, 15) is 5.11 Å². The lowest BCUT2D eigenvalue weighted by molar-refractivity contribution is 0.135. The van der Waals surface area contributed by atoms with Crippen molar-refractivity contribution in [3.8, 4) is 0 Å². The standard InChI is InChI=1S/C13H22N2O/c1-9(2)15-6-5-10(14-15)7-12(16)11-8-13(11,3)4/h5-6,9,11-12,16H,7-8H2,1-4H3. The Balaban J connectivity index is 1.94. The van der Waals surface area contributed by atoms with Crippen LogP contribution in [-0.4, -0.2) is 21.0 Å². The van der Waals surface area contributed by atoms with Gasteiger partial charge in [0.15, 0.2) is 0 Å². The molecule has 2 atom stereocenters. The molecule has 1 aromatic heterocycles. The monoisotopic (exact) mass is 222 g/mol. The molecular weight excluding hydrogens is 200 g/mol. The lowest BCUT2D eigenvalue weighted by Crippen LogP contribution is -2.17. The maximum absolute atomic E-state index is 10.1. The average molecular weight is 222 g/mol. The summed E-state index contributed by atoms with van der Waals surface area (Å²) in [6, 6.07) is 2.40. The Kier molecular flexibility index (Phi) is 2.82. The van der Waals surface area contributed by atoms with Gasteiger partial charge in [-0.2, -0.15) is 5.10 Å². The molecule has 1 aliphatic carbocycles. The van der Waals surface area contributed by atoms with Crippen molar-refractivity contribution in [3.05, 3.63) is 18.0 Å². The zero-order valence-electron chi connectivity index (χ0n) is 10.6. The molecule has 0 bridgehead atoms. The summed E-state index contributed by atoms with van der Waals surface area (Å²) in [6.45, 7) is 8.65. The second kappa shape index (κ2) is 3.88. The molecule has 2 rings (SSSR count). The second-order valence-electron chi connectivity index (χ2n) is 5.95. The van der Waals surface area contributed by atoms with Crippen molar-refractivity contribution in [1.82, 2.24) is 9.78 Å². The van der Waals surface area contributed by atoms with Crippen molar-refractivity contribution in [2.75, 3.05) is 0 Å². The highest BCUT2D eigenvalue weighted by atomic mass is 16.3. The number of aliphatic hydroxyl groups excluding tert-OH is 1. The summed E-state index contributed by atoms with van der Waals surface area (Å²) in [5, 5.41) is 14.5. The summed E-state index contributed by atoms with van der Waals surface area (Å²) >= 11 is 0. The van der Waals surface area contributed by atoms with E-state index in [0.29, 0.717) is 23.8 Å².